The van der Waals surface area contributed by atoms with Crippen LogP contribution in [0.25, 0.3) is 0 Å². The first-order valence-electron chi connectivity index (χ1n) is 5.48. The molecule has 0 saturated carbocycles. The van der Waals surface area contributed by atoms with E-state index >= 15 is 0 Å². The molecule has 4 heteroatoms. The SMILES string of the molecule is Cc1cc(C(=O)N2CCNCC2)ccc1S. The van der Waals surface area contributed by atoms with Gasteiger partial charge < -0.3 is 10.2 Å². The van der Waals surface area contributed by atoms with Gasteiger partial charge >= 0.3 is 0 Å². The maximum atomic E-state index is 12.1. The molecule has 1 aromatic rings. The van der Waals surface area contributed by atoms with Crippen molar-refractivity contribution < 1.29 is 4.79 Å². The van der Waals surface area contributed by atoms with E-state index in [4.69, 9.17) is 0 Å². The van der Waals surface area contributed by atoms with Crippen molar-refractivity contribution in [1.29, 1.82) is 0 Å². The summed E-state index contributed by atoms with van der Waals surface area (Å²) in [6.07, 6.45) is 0. The van der Waals surface area contributed by atoms with Crippen molar-refractivity contribution >= 4 is 18.5 Å². The molecular weight excluding hydrogens is 220 g/mol. The normalized spacial score (nSPS) is 16.2. The molecule has 1 heterocycles. The molecule has 0 aromatic heterocycles. The average molecular weight is 236 g/mol. The quantitative estimate of drug-likeness (QED) is 0.721. The first-order chi connectivity index (χ1) is 7.68. The maximum Gasteiger partial charge on any atom is 0.253 e. The lowest BCUT2D eigenvalue weighted by Crippen LogP contribution is -2.46. The topological polar surface area (TPSA) is 32.3 Å². The minimum atomic E-state index is 0.123. The Bertz CT molecular complexity index is 400. The molecule has 1 aliphatic heterocycles. The summed E-state index contributed by atoms with van der Waals surface area (Å²) in [6.45, 7) is 5.32. The van der Waals surface area contributed by atoms with Gasteiger partial charge in [-0.25, -0.2) is 0 Å². The Labute approximate surface area is 101 Å². The van der Waals surface area contributed by atoms with Gasteiger partial charge in [0, 0.05) is 36.6 Å². The zero-order valence-electron chi connectivity index (χ0n) is 9.36. The van der Waals surface area contributed by atoms with Crippen molar-refractivity contribution in [3.63, 3.8) is 0 Å². The molecule has 2 rings (SSSR count). The van der Waals surface area contributed by atoms with Crippen LogP contribution < -0.4 is 5.32 Å². The number of carbonyl (C=O) groups is 1. The van der Waals surface area contributed by atoms with Crippen LogP contribution in [0.4, 0.5) is 0 Å². The summed E-state index contributed by atoms with van der Waals surface area (Å²) in [5.41, 5.74) is 1.81. The summed E-state index contributed by atoms with van der Waals surface area (Å²) in [7, 11) is 0. The van der Waals surface area contributed by atoms with Gasteiger partial charge in [0.05, 0.1) is 0 Å². The molecule has 1 aromatic carbocycles. The van der Waals surface area contributed by atoms with Gasteiger partial charge in [0.25, 0.3) is 5.91 Å². The molecule has 86 valence electrons. The highest BCUT2D eigenvalue weighted by molar-refractivity contribution is 7.80. The van der Waals surface area contributed by atoms with Crippen molar-refractivity contribution in [1.82, 2.24) is 10.2 Å². The lowest BCUT2D eigenvalue weighted by molar-refractivity contribution is 0.0735. The van der Waals surface area contributed by atoms with E-state index in [1.54, 1.807) is 0 Å². The molecule has 3 nitrogen and oxygen atoms in total. The lowest BCUT2D eigenvalue weighted by atomic mass is 10.1. The van der Waals surface area contributed by atoms with Gasteiger partial charge in [0.2, 0.25) is 0 Å². The highest BCUT2D eigenvalue weighted by atomic mass is 32.1. The predicted octanol–water partition coefficient (Wildman–Crippen LogP) is 1.33. The van der Waals surface area contributed by atoms with Crippen LogP contribution in [0.1, 0.15) is 15.9 Å². The second kappa shape index (κ2) is 4.89. The van der Waals surface area contributed by atoms with Gasteiger partial charge in [-0.1, -0.05) is 0 Å². The van der Waals surface area contributed by atoms with Crippen LogP contribution in [-0.2, 0) is 0 Å². The van der Waals surface area contributed by atoms with Crippen LogP contribution in [0.2, 0.25) is 0 Å². The summed E-state index contributed by atoms with van der Waals surface area (Å²) in [6, 6.07) is 5.64. The molecule has 1 fully saturated rings. The molecule has 0 aliphatic carbocycles. The van der Waals surface area contributed by atoms with Crippen molar-refractivity contribution in [2.24, 2.45) is 0 Å². The molecule has 16 heavy (non-hydrogen) atoms. The zero-order chi connectivity index (χ0) is 11.5. The van der Waals surface area contributed by atoms with Gasteiger partial charge in [-0.15, -0.1) is 12.6 Å². The second-order valence-corrected chi connectivity index (χ2v) is 4.53. The van der Waals surface area contributed by atoms with Crippen LogP contribution in [-0.4, -0.2) is 37.0 Å². The third kappa shape index (κ3) is 2.39. The van der Waals surface area contributed by atoms with Crippen LogP contribution in [0.5, 0.6) is 0 Å². The Kier molecular flexibility index (Phi) is 3.51. The first-order valence-corrected chi connectivity index (χ1v) is 5.93. The molecule has 0 radical (unpaired) electrons. The van der Waals surface area contributed by atoms with Gasteiger partial charge in [-0.3, -0.25) is 4.79 Å². The fourth-order valence-corrected chi connectivity index (χ4v) is 1.98. The Balaban J connectivity index is 2.16. The van der Waals surface area contributed by atoms with Gasteiger partial charge in [0.15, 0.2) is 0 Å². The Hall–Kier alpha value is -1.000. The first kappa shape index (κ1) is 11.5. The zero-order valence-corrected chi connectivity index (χ0v) is 10.3. The number of hydrogen-bond acceptors (Lipinski definition) is 3. The number of nitrogens with one attached hydrogen (secondary N) is 1. The van der Waals surface area contributed by atoms with Gasteiger partial charge in [0.1, 0.15) is 0 Å². The third-order valence-corrected chi connectivity index (χ3v) is 3.35. The fraction of sp³-hybridized carbons (Fsp3) is 0.417. The minimum absolute atomic E-state index is 0.123. The summed E-state index contributed by atoms with van der Waals surface area (Å²) >= 11 is 4.31. The Morgan fingerprint density at radius 2 is 2.06 bits per heavy atom. The third-order valence-electron chi connectivity index (χ3n) is 2.85. The van der Waals surface area contributed by atoms with E-state index in [9.17, 15) is 4.79 Å². The van der Waals surface area contributed by atoms with Crippen molar-refractivity contribution in [3.05, 3.63) is 29.3 Å². The van der Waals surface area contributed by atoms with Crippen LogP contribution in [0, 0.1) is 6.92 Å². The van der Waals surface area contributed by atoms with E-state index in [2.05, 4.69) is 17.9 Å². The smallest absolute Gasteiger partial charge is 0.253 e. The molecule has 0 bridgehead atoms. The summed E-state index contributed by atoms with van der Waals surface area (Å²) in [5, 5.41) is 3.24. The number of piperazine rings is 1. The van der Waals surface area contributed by atoms with Crippen LogP contribution in [0.3, 0.4) is 0 Å². The number of hydrogen-bond donors (Lipinski definition) is 2. The van der Waals surface area contributed by atoms with Crippen LogP contribution >= 0.6 is 12.6 Å². The summed E-state index contributed by atoms with van der Waals surface area (Å²) < 4.78 is 0. The molecule has 1 N–H and O–H groups in total. The second-order valence-electron chi connectivity index (χ2n) is 4.04. The van der Waals surface area contributed by atoms with Crippen molar-refractivity contribution in [2.45, 2.75) is 11.8 Å². The van der Waals surface area contributed by atoms with E-state index in [1.807, 2.05) is 30.0 Å². The molecule has 0 atom stereocenters. The molecule has 1 aliphatic rings. The number of rotatable bonds is 1. The van der Waals surface area contributed by atoms with Crippen molar-refractivity contribution in [3.8, 4) is 0 Å². The lowest BCUT2D eigenvalue weighted by Gasteiger charge is -2.27. The number of thiol groups is 1. The number of carbonyl (C=O) groups excluding carboxylic acids is 1. The number of nitrogens with zero attached hydrogens (tertiary/aromatic N) is 1. The van der Waals surface area contributed by atoms with Crippen molar-refractivity contribution in [2.75, 3.05) is 26.2 Å². The number of aryl methyl sites for hydroxylation is 1. The molecule has 0 unspecified atom stereocenters. The molecule has 0 spiro atoms. The number of benzene rings is 1. The Morgan fingerprint density at radius 1 is 1.38 bits per heavy atom. The molecule has 1 saturated heterocycles. The van der Waals surface area contributed by atoms with E-state index < -0.39 is 0 Å². The standard InChI is InChI=1S/C12H16N2OS/c1-9-8-10(2-3-11(9)16)12(15)14-6-4-13-5-7-14/h2-3,8,13,16H,4-7H2,1H3. The predicted molar refractivity (Wildman–Crippen MR) is 67.2 cm³/mol. The van der Waals surface area contributed by atoms with Gasteiger partial charge in [-0.05, 0) is 30.7 Å². The highest BCUT2D eigenvalue weighted by Crippen LogP contribution is 2.16. The van der Waals surface area contributed by atoms with Gasteiger partial charge in [-0.2, -0.15) is 0 Å². The highest BCUT2D eigenvalue weighted by Gasteiger charge is 2.17. The van der Waals surface area contributed by atoms with E-state index in [0.717, 1.165) is 42.2 Å². The molecular formula is C12H16N2OS. The van der Waals surface area contributed by atoms with E-state index in [1.165, 1.54) is 0 Å². The molecule has 1 amide bonds. The minimum Gasteiger partial charge on any atom is -0.336 e. The van der Waals surface area contributed by atoms with E-state index in [0.29, 0.717) is 0 Å². The largest absolute Gasteiger partial charge is 0.336 e. The summed E-state index contributed by atoms with van der Waals surface area (Å²) in [5.74, 6) is 0.123. The van der Waals surface area contributed by atoms with Crippen LogP contribution in [0.15, 0.2) is 23.1 Å². The maximum absolute atomic E-state index is 12.1. The van der Waals surface area contributed by atoms with E-state index in [-0.39, 0.29) is 5.91 Å². The average Bonchev–Trinajstić information content (AvgIpc) is 2.33. The fourth-order valence-electron chi connectivity index (χ4n) is 1.84. The Morgan fingerprint density at radius 3 is 2.69 bits per heavy atom. The summed E-state index contributed by atoms with van der Waals surface area (Å²) in [4.78, 5) is 15.0. The monoisotopic (exact) mass is 236 g/mol. The number of amides is 1.